The number of hydrogen-bond acceptors (Lipinski definition) is 2. The molecule has 0 aliphatic rings. The Kier molecular flexibility index (Phi) is 3.82. The summed E-state index contributed by atoms with van der Waals surface area (Å²) < 4.78 is 2.18. The molecule has 0 aliphatic carbocycles. The molecule has 0 amide bonds. The Hall–Kier alpha value is -1.61. The summed E-state index contributed by atoms with van der Waals surface area (Å²) in [6.07, 6.45) is 3.88. The molecule has 3 heteroatoms. The first-order valence-corrected chi connectivity index (χ1v) is 6.34. The van der Waals surface area contributed by atoms with Crippen LogP contribution in [0.3, 0.4) is 0 Å². The van der Waals surface area contributed by atoms with Gasteiger partial charge < -0.3 is 9.88 Å². The van der Waals surface area contributed by atoms with Crippen LogP contribution >= 0.6 is 0 Å². The number of rotatable bonds is 4. The van der Waals surface area contributed by atoms with Crippen LogP contribution in [0, 0.1) is 20.8 Å². The molecular weight excluding hydrogens is 222 g/mol. The maximum Gasteiger partial charge on any atom is 0.105 e. The molecule has 0 fully saturated rings. The second-order valence-electron chi connectivity index (χ2n) is 4.83. The zero-order valence-corrected chi connectivity index (χ0v) is 11.6. The largest absolute Gasteiger partial charge is 0.333 e. The topological polar surface area (TPSA) is 29.9 Å². The summed E-state index contributed by atoms with van der Waals surface area (Å²) in [5.74, 6) is 1.06. The minimum absolute atomic E-state index is 0.318. The molecule has 0 bridgehead atoms. The average molecular weight is 243 g/mol. The number of nitrogens with zero attached hydrogens (tertiary/aromatic N) is 2. The maximum atomic E-state index is 4.27. The van der Waals surface area contributed by atoms with Crippen molar-refractivity contribution in [3.05, 3.63) is 53.1 Å². The van der Waals surface area contributed by atoms with Crippen molar-refractivity contribution < 1.29 is 0 Å². The second kappa shape index (κ2) is 5.36. The molecular formula is C15H21N3. The Bertz CT molecular complexity index is 528. The first kappa shape index (κ1) is 12.8. The first-order valence-electron chi connectivity index (χ1n) is 6.34. The molecule has 0 aliphatic heterocycles. The summed E-state index contributed by atoms with van der Waals surface area (Å²) in [5, 5.41) is 3.40. The number of imidazole rings is 1. The number of aromatic nitrogens is 2. The van der Waals surface area contributed by atoms with Gasteiger partial charge in [-0.15, -0.1) is 0 Å². The van der Waals surface area contributed by atoms with Gasteiger partial charge in [-0.1, -0.05) is 23.8 Å². The van der Waals surface area contributed by atoms with Gasteiger partial charge in [0.25, 0.3) is 0 Å². The lowest BCUT2D eigenvalue weighted by Crippen LogP contribution is -2.23. The Balaban J connectivity index is 2.26. The average Bonchev–Trinajstić information content (AvgIpc) is 2.73. The van der Waals surface area contributed by atoms with Crippen molar-refractivity contribution in [2.24, 2.45) is 0 Å². The van der Waals surface area contributed by atoms with Crippen LogP contribution in [0.1, 0.15) is 28.6 Å². The van der Waals surface area contributed by atoms with E-state index < -0.39 is 0 Å². The third kappa shape index (κ3) is 2.62. The minimum atomic E-state index is 0.318. The highest BCUT2D eigenvalue weighted by Gasteiger charge is 2.13. The Morgan fingerprint density at radius 2 is 2.06 bits per heavy atom. The van der Waals surface area contributed by atoms with Crippen molar-refractivity contribution in [2.45, 2.75) is 33.4 Å². The molecule has 0 radical (unpaired) electrons. The van der Waals surface area contributed by atoms with Crippen LogP contribution in [-0.2, 0) is 6.54 Å². The van der Waals surface area contributed by atoms with Crippen LogP contribution in [0.2, 0.25) is 0 Å². The van der Waals surface area contributed by atoms with E-state index in [0.29, 0.717) is 6.04 Å². The number of hydrogen-bond donors (Lipinski definition) is 1. The second-order valence-corrected chi connectivity index (χ2v) is 4.83. The van der Waals surface area contributed by atoms with Crippen molar-refractivity contribution in [1.29, 1.82) is 0 Å². The molecule has 1 aromatic heterocycles. The molecule has 0 saturated carbocycles. The smallest absolute Gasteiger partial charge is 0.105 e. The summed E-state index contributed by atoms with van der Waals surface area (Å²) in [4.78, 5) is 4.27. The predicted octanol–water partition coefficient (Wildman–Crippen LogP) is 2.77. The minimum Gasteiger partial charge on any atom is -0.333 e. The van der Waals surface area contributed by atoms with E-state index >= 15 is 0 Å². The zero-order valence-electron chi connectivity index (χ0n) is 11.6. The first-order chi connectivity index (χ1) is 8.61. The molecule has 1 unspecified atom stereocenters. The molecule has 1 heterocycles. The fourth-order valence-corrected chi connectivity index (χ4v) is 2.36. The van der Waals surface area contributed by atoms with Crippen LogP contribution in [-0.4, -0.2) is 16.6 Å². The van der Waals surface area contributed by atoms with E-state index in [1.54, 1.807) is 0 Å². The van der Waals surface area contributed by atoms with Crippen LogP contribution < -0.4 is 5.32 Å². The third-order valence-electron chi connectivity index (χ3n) is 3.45. The summed E-state index contributed by atoms with van der Waals surface area (Å²) in [6.45, 7) is 7.25. The Morgan fingerprint density at radius 3 is 2.61 bits per heavy atom. The molecule has 1 aromatic carbocycles. The van der Waals surface area contributed by atoms with E-state index in [1.807, 2.05) is 26.4 Å². The van der Waals surface area contributed by atoms with Crippen molar-refractivity contribution in [2.75, 3.05) is 7.05 Å². The lowest BCUT2D eigenvalue weighted by atomic mass is 9.99. The summed E-state index contributed by atoms with van der Waals surface area (Å²) >= 11 is 0. The Labute approximate surface area is 109 Å². The fraction of sp³-hybridized carbons (Fsp3) is 0.400. The van der Waals surface area contributed by atoms with Crippen molar-refractivity contribution in [1.82, 2.24) is 14.9 Å². The molecule has 0 saturated heterocycles. The van der Waals surface area contributed by atoms with Gasteiger partial charge in [0.1, 0.15) is 5.82 Å². The predicted molar refractivity (Wildman–Crippen MR) is 74.7 cm³/mol. The van der Waals surface area contributed by atoms with Crippen LogP contribution in [0.25, 0.3) is 0 Å². The molecule has 18 heavy (non-hydrogen) atoms. The lowest BCUT2D eigenvalue weighted by Gasteiger charge is -2.20. The number of nitrogens with one attached hydrogen (secondary N) is 1. The van der Waals surface area contributed by atoms with Gasteiger partial charge in [0.2, 0.25) is 0 Å². The summed E-state index contributed by atoms with van der Waals surface area (Å²) in [7, 11) is 2.01. The number of likely N-dealkylation sites (N-methyl/N-ethyl adjacent to an activating group) is 1. The van der Waals surface area contributed by atoms with Crippen molar-refractivity contribution in [3.63, 3.8) is 0 Å². The van der Waals surface area contributed by atoms with Gasteiger partial charge in [-0.3, -0.25) is 0 Å². The molecule has 96 valence electrons. The van der Waals surface area contributed by atoms with Crippen LogP contribution in [0.15, 0.2) is 30.6 Å². The van der Waals surface area contributed by atoms with Gasteiger partial charge in [0, 0.05) is 18.9 Å². The highest BCUT2D eigenvalue weighted by molar-refractivity contribution is 5.32. The molecule has 2 rings (SSSR count). The highest BCUT2D eigenvalue weighted by atomic mass is 15.1. The van der Waals surface area contributed by atoms with Gasteiger partial charge >= 0.3 is 0 Å². The van der Waals surface area contributed by atoms with E-state index in [4.69, 9.17) is 0 Å². The van der Waals surface area contributed by atoms with E-state index in [-0.39, 0.29) is 0 Å². The van der Waals surface area contributed by atoms with Gasteiger partial charge in [-0.2, -0.15) is 0 Å². The zero-order chi connectivity index (χ0) is 13.1. The molecule has 3 nitrogen and oxygen atoms in total. The Morgan fingerprint density at radius 1 is 1.28 bits per heavy atom. The fourth-order valence-electron chi connectivity index (χ4n) is 2.36. The summed E-state index contributed by atoms with van der Waals surface area (Å²) in [5.41, 5.74) is 4.01. The number of aryl methyl sites for hydroxylation is 3. The van der Waals surface area contributed by atoms with E-state index in [0.717, 1.165) is 12.4 Å². The molecule has 1 N–H and O–H groups in total. The van der Waals surface area contributed by atoms with E-state index in [9.17, 15) is 0 Å². The number of benzene rings is 1. The van der Waals surface area contributed by atoms with E-state index in [1.165, 1.54) is 16.7 Å². The van der Waals surface area contributed by atoms with Gasteiger partial charge in [0.15, 0.2) is 0 Å². The normalized spacial score (nSPS) is 12.7. The lowest BCUT2D eigenvalue weighted by molar-refractivity contribution is 0.491. The van der Waals surface area contributed by atoms with Gasteiger partial charge in [0.05, 0.1) is 6.04 Å². The van der Waals surface area contributed by atoms with Gasteiger partial charge in [-0.25, -0.2) is 4.98 Å². The van der Waals surface area contributed by atoms with Crippen molar-refractivity contribution in [3.8, 4) is 0 Å². The SMILES string of the molecule is CNC(Cn1ccnc1C)c1ccc(C)cc1C. The quantitative estimate of drug-likeness (QED) is 0.895. The standard InChI is InChI=1S/C15H21N3/c1-11-5-6-14(12(2)9-11)15(16-4)10-18-8-7-17-13(18)3/h5-9,15-16H,10H2,1-4H3. The molecule has 2 aromatic rings. The van der Waals surface area contributed by atoms with Crippen LogP contribution in [0.5, 0.6) is 0 Å². The summed E-state index contributed by atoms with van der Waals surface area (Å²) in [6, 6.07) is 6.95. The van der Waals surface area contributed by atoms with Gasteiger partial charge in [-0.05, 0) is 38.9 Å². The van der Waals surface area contributed by atoms with Crippen molar-refractivity contribution >= 4 is 0 Å². The molecule has 1 atom stereocenters. The maximum absolute atomic E-state index is 4.27. The monoisotopic (exact) mass is 243 g/mol. The van der Waals surface area contributed by atoms with E-state index in [2.05, 4.69) is 46.9 Å². The van der Waals surface area contributed by atoms with Crippen LogP contribution in [0.4, 0.5) is 0 Å². The third-order valence-corrected chi connectivity index (χ3v) is 3.45. The molecule has 0 spiro atoms. The highest BCUT2D eigenvalue weighted by Crippen LogP contribution is 2.20.